The minimum Gasteiger partial charge on any atom is -0.395 e. The first-order valence-electron chi connectivity index (χ1n) is 14.2. The van der Waals surface area contributed by atoms with Crippen LogP contribution in [0.25, 0.3) is 0 Å². The summed E-state index contributed by atoms with van der Waals surface area (Å²) < 4.78 is 0. The number of nitrogens with zero attached hydrogens (tertiary/aromatic N) is 5. The molecule has 1 saturated carbocycles. The van der Waals surface area contributed by atoms with E-state index in [1.165, 1.54) is 5.69 Å². The number of aliphatic hydroxyl groups excluding tert-OH is 1. The number of piperazine rings is 1. The van der Waals surface area contributed by atoms with E-state index >= 15 is 0 Å². The molecule has 2 fully saturated rings. The molecule has 1 saturated heterocycles. The van der Waals surface area contributed by atoms with E-state index in [0.29, 0.717) is 5.95 Å². The van der Waals surface area contributed by atoms with Crippen molar-refractivity contribution in [2.75, 3.05) is 61.5 Å². The van der Waals surface area contributed by atoms with Gasteiger partial charge < -0.3 is 30.4 Å². The van der Waals surface area contributed by atoms with Gasteiger partial charge in [0.2, 0.25) is 5.95 Å². The third-order valence-electron chi connectivity index (χ3n) is 8.31. The van der Waals surface area contributed by atoms with E-state index in [4.69, 9.17) is 4.98 Å². The molecule has 9 heteroatoms. The second-order valence-corrected chi connectivity index (χ2v) is 12.3. The van der Waals surface area contributed by atoms with E-state index in [-0.39, 0.29) is 24.0 Å². The molecule has 0 spiro atoms. The molecular formula is C31H39N7O2. The van der Waals surface area contributed by atoms with Crippen LogP contribution in [-0.2, 0) is 16.6 Å². The fraction of sp³-hybridized carbons (Fsp3) is 0.452. The molecule has 2 aliphatic heterocycles. The molecule has 2 atom stereocenters. The molecule has 3 aromatic rings. The monoisotopic (exact) mass is 541 g/mol. The maximum Gasteiger partial charge on any atom is 0.229 e. The number of carbonyl (C=O) groups excluding carboxylic acids is 1. The van der Waals surface area contributed by atoms with Crippen molar-refractivity contribution >= 4 is 34.6 Å². The number of benzene rings is 2. The smallest absolute Gasteiger partial charge is 0.229 e. The van der Waals surface area contributed by atoms with Crippen molar-refractivity contribution in [1.82, 2.24) is 20.2 Å². The van der Waals surface area contributed by atoms with Gasteiger partial charge in [-0.2, -0.15) is 4.98 Å². The number of ketones is 1. The van der Waals surface area contributed by atoms with Crippen LogP contribution in [0.15, 0.2) is 54.7 Å². The zero-order chi connectivity index (χ0) is 28.1. The van der Waals surface area contributed by atoms with E-state index in [2.05, 4.69) is 61.6 Å². The van der Waals surface area contributed by atoms with Crippen LogP contribution in [0.5, 0.6) is 0 Å². The van der Waals surface area contributed by atoms with Gasteiger partial charge in [-0.25, -0.2) is 4.98 Å². The number of fused-ring (bicyclic) bond motifs is 1. The molecule has 9 nitrogen and oxygen atoms in total. The van der Waals surface area contributed by atoms with Crippen molar-refractivity contribution in [2.45, 2.75) is 44.2 Å². The molecule has 210 valence electrons. The molecule has 3 N–H and O–H groups in total. The summed E-state index contributed by atoms with van der Waals surface area (Å²) in [6.07, 6.45) is 2.74. The lowest BCUT2D eigenvalue weighted by Crippen LogP contribution is -2.44. The predicted octanol–water partition coefficient (Wildman–Crippen LogP) is 3.24. The highest BCUT2D eigenvalue weighted by atomic mass is 16.3. The van der Waals surface area contributed by atoms with Crippen LogP contribution in [0.2, 0.25) is 0 Å². The first-order chi connectivity index (χ1) is 19.2. The summed E-state index contributed by atoms with van der Waals surface area (Å²) in [5.41, 5.74) is 3.93. The molecule has 6 rings (SSSR count). The van der Waals surface area contributed by atoms with Crippen LogP contribution in [0.1, 0.15) is 31.9 Å². The lowest BCUT2D eigenvalue weighted by Gasteiger charge is -2.34. The minimum atomic E-state index is -0.902. The van der Waals surface area contributed by atoms with Crippen LogP contribution in [-0.4, -0.2) is 83.7 Å². The fourth-order valence-electron chi connectivity index (χ4n) is 5.90. The Balaban J connectivity index is 1.20. The molecule has 1 aromatic heterocycles. The van der Waals surface area contributed by atoms with Gasteiger partial charge in [0, 0.05) is 67.1 Å². The van der Waals surface area contributed by atoms with E-state index in [1.807, 2.05) is 51.2 Å². The Kier molecular flexibility index (Phi) is 6.76. The average Bonchev–Trinajstić information content (AvgIpc) is 3.27. The molecule has 3 aliphatic rings. The fourth-order valence-corrected chi connectivity index (χ4v) is 5.90. The summed E-state index contributed by atoms with van der Waals surface area (Å²) in [6, 6.07) is 16.0. The van der Waals surface area contributed by atoms with Crippen molar-refractivity contribution in [3.8, 4) is 0 Å². The second kappa shape index (κ2) is 10.1. The topological polar surface area (TPSA) is 96.9 Å². The van der Waals surface area contributed by atoms with Gasteiger partial charge in [-0.1, -0.05) is 12.1 Å². The number of Topliss-reactive ketones (excluding diaryl/α,β-unsaturated/α-hetero) is 1. The Labute approximate surface area is 236 Å². The standard InChI is InChI=1S/C31H39N7O2/c1-30(2,3)35-26-27(40)31(26,20-39)22-6-5-7-25(18-22)38-13-12-21-19-32-29(34-28(21)38)33-23-8-10-24(11-9-23)37-16-14-36(4)15-17-37/h5-11,18-19,26,35,39H,12-17,20H2,1-4H3,(H,32,33,34). The number of aliphatic hydroxyl groups is 1. The normalized spacial score (nSPS) is 22.9. The molecule has 2 unspecified atom stereocenters. The molecule has 0 radical (unpaired) electrons. The Morgan fingerprint density at radius 3 is 2.48 bits per heavy atom. The number of carbonyl (C=O) groups is 1. The first-order valence-corrected chi connectivity index (χ1v) is 14.2. The molecule has 2 aromatic carbocycles. The summed E-state index contributed by atoms with van der Waals surface area (Å²) >= 11 is 0. The highest BCUT2D eigenvalue weighted by Gasteiger charge is 2.66. The third kappa shape index (κ3) is 4.93. The van der Waals surface area contributed by atoms with Crippen LogP contribution < -0.4 is 20.4 Å². The first kappa shape index (κ1) is 26.7. The van der Waals surface area contributed by atoms with Gasteiger partial charge in [0.15, 0.2) is 5.78 Å². The number of hydrogen-bond donors (Lipinski definition) is 3. The van der Waals surface area contributed by atoms with Gasteiger partial charge in [0.05, 0.1) is 12.6 Å². The minimum absolute atomic E-state index is 0.0383. The molecule has 0 amide bonds. The number of hydrogen-bond acceptors (Lipinski definition) is 9. The number of likely N-dealkylation sites (N-methyl/N-ethyl adjacent to an activating group) is 1. The Hall–Kier alpha value is -3.53. The van der Waals surface area contributed by atoms with Gasteiger partial charge in [0.25, 0.3) is 0 Å². The van der Waals surface area contributed by atoms with Crippen LogP contribution in [0, 0.1) is 0 Å². The van der Waals surface area contributed by atoms with Crippen LogP contribution in [0.3, 0.4) is 0 Å². The largest absolute Gasteiger partial charge is 0.395 e. The Bertz CT molecular complexity index is 1400. The quantitative estimate of drug-likeness (QED) is 0.417. The maximum atomic E-state index is 13.0. The number of nitrogens with one attached hydrogen (secondary N) is 2. The van der Waals surface area contributed by atoms with Crippen molar-refractivity contribution in [2.24, 2.45) is 0 Å². The van der Waals surface area contributed by atoms with Crippen molar-refractivity contribution in [3.05, 3.63) is 65.9 Å². The van der Waals surface area contributed by atoms with Gasteiger partial charge in [-0.3, -0.25) is 4.79 Å². The second-order valence-electron chi connectivity index (χ2n) is 12.3. The zero-order valence-corrected chi connectivity index (χ0v) is 23.8. The number of aromatic nitrogens is 2. The molecule has 0 bridgehead atoms. The number of rotatable bonds is 7. The van der Waals surface area contributed by atoms with Crippen molar-refractivity contribution < 1.29 is 9.90 Å². The van der Waals surface area contributed by atoms with Crippen LogP contribution in [0.4, 0.5) is 28.8 Å². The molecule has 40 heavy (non-hydrogen) atoms. The summed E-state index contributed by atoms with van der Waals surface area (Å²) in [7, 11) is 2.17. The van der Waals surface area contributed by atoms with E-state index in [1.54, 1.807) is 0 Å². The van der Waals surface area contributed by atoms with E-state index < -0.39 is 5.41 Å². The maximum absolute atomic E-state index is 13.0. The van der Waals surface area contributed by atoms with E-state index in [0.717, 1.165) is 67.5 Å². The van der Waals surface area contributed by atoms with Crippen LogP contribution >= 0.6 is 0 Å². The highest BCUT2D eigenvalue weighted by molar-refractivity contribution is 6.13. The molecule has 3 heterocycles. The number of anilines is 5. The highest BCUT2D eigenvalue weighted by Crippen LogP contribution is 2.46. The average molecular weight is 542 g/mol. The summed E-state index contributed by atoms with van der Waals surface area (Å²) in [6.45, 7) is 10.9. The SMILES string of the molecule is CN1CCN(c2ccc(Nc3ncc4c(n3)N(c3cccc(C5(CO)C(=O)C5NC(C)(C)C)c3)CC4)cc2)CC1. The Morgan fingerprint density at radius 2 is 1.77 bits per heavy atom. The summed E-state index contributed by atoms with van der Waals surface area (Å²) in [4.78, 5) is 29.4. The van der Waals surface area contributed by atoms with E-state index in [9.17, 15) is 9.90 Å². The van der Waals surface area contributed by atoms with Crippen molar-refractivity contribution in [1.29, 1.82) is 0 Å². The summed E-state index contributed by atoms with van der Waals surface area (Å²) in [5.74, 6) is 1.46. The summed E-state index contributed by atoms with van der Waals surface area (Å²) in [5, 5.41) is 17.1. The predicted molar refractivity (Wildman–Crippen MR) is 159 cm³/mol. The van der Waals surface area contributed by atoms with Gasteiger partial charge in [0.1, 0.15) is 11.2 Å². The third-order valence-corrected chi connectivity index (χ3v) is 8.31. The van der Waals surface area contributed by atoms with Gasteiger partial charge >= 0.3 is 0 Å². The lowest BCUT2D eigenvalue weighted by molar-refractivity contribution is -0.112. The van der Waals surface area contributed by atoms with Crippen molar-refractivity contribution in [3.63, 3.8) is 0 Å². The van der Waals surface area contributed by atoms with Gasteiger partial charge in [-0.05, 0) is 76.2 Å². The molecular weight excluding hydrogens is 502 g/mol. The molecule has 1 aliphatic carbocycles. The Morgan fingerprint density at radius 1 is 1.02 bits per heavy atom. The van der Waals surface area contributed by atoms with Gasteiger partial charge in [-0.15, -0.1) is 0 Å². The zero-order valence-electron chi connectivity index (χ0n) is 23.8. The lowest BCUT2D eigenvalue weighted by atomic mass is 9.94.